The summed E-state index contributed by atoms with van der Waals surface area (Å²) in [5.74, 6) is 0. The molecular formula is C2HCl2FN2. The fourth-order valence-corrected chi connectivity index (χ4v) is 0.153. The Morgan fingerprint density at radius 2 is 2.14 bits per heavy atom. The molecule has 0 N–H and O–H groups in total. The molecule has 0 aromatic carbocycles. The molecule has 0 aliphatic carbocycles. The van der Waals surface area contributed by atoms with Gasteiger partial charge in [-0.3, -0.25) is 0 Å². The standard InChI is InChI=1S/C2HCl2FN2/c3-2(4,5)1-7-6/h1H. The first-order valence-corrected chi connectivity index (χ1v) is 2.07. The largest absolute Gasteiger partial charge is 0.362 e. The van der Waals surface area contributed by atoms with E-state index in [1.807, 2.05) is 0 Å². The summed E-state index contributed by atoms with van der Waals surface area (Å²) < 4.78 is 9.06. The molecule has 40 valence electrons. The van der Waals surface area contributed by atoms with Crippen LogP contribution in [0.25, 0.3) is 5.53 Å². The van der Waals surface area contributed by atoms with Crippen LogP contribution in [0.1, 0.15) is 0 Å². The van der Waals surface area contributed by atoms with E-state index in [2.05, 4.69) is 28.0 Å². The zero-order valence-electron chi connectivity index (χ0n) is 3.11. The summed E-state index contributed by atoms with van der Waals surface area (Å²) in [7, 11) is 0. The van der Waals surface area contributed by atoms with Crippen LogP contribution in [-0.4, -0.2) is 15.6 Å². The van der Waals surface area contributed by atoms with E-state index in [0.717, 1.165) is 0 Å². The monoisotopic (exact) mass is 142 g/mol. The molecule has 0 atom stereocenters. The van der Waals surface area contributed by atoms with Crippen molar-refractivity contribution in [1.82, 2.24) is 0 Å². The highest BCUT2D eigenvalue weighted by Crippen LogP contribution is 2.17. The van der Waals surface area contributed by atoms with Gasteiger partial charge in [0.2, 0.25) is 0 Å². The molecule has 0 saturated heterocycles. The minimum absolute atomic E-state index is 0.357. The van der Waals surface area contributed by atoms with Gasteiger partial charge in [-0.2, -0.15) is 9.18 Å². The van der Waals surface area contributed by atoms with Crippen molar-refractivity contribution < 1.29 is 9.18 Å². The van der Waals surface area contributed by atoms with Crippen molar-refractivity contribution >= 4 is 29.4 Å². The van der Waals surface area contributed by atoms with Gasteiger partial charge in [0.15, 0.2) is 0 Å². The zero-order chi connectivity index (χ0) is 5.91. The quantitative estimate of drug-likeness (QED) is 0.230. The molecular weight excluding hydrogens is 142 g/mol. The van der Waals surface area contributed by atoms with Crippen molar-refractivity contribution in [2.75, 3.05) is 0 Å². The molecule has 5 heteroatoms. The molecule has 0 aliphatic heterocycles. The Morgan fingerprint density at radius 1 is 1.71 bits per heavy atom. The Hall–Kier alpha value is -0.110. The first-order valence-electron chi connectivity index (χ1n) is 1.31. The smallest absolute Gasteiger partial charge is 0.350 e. The maximum Gasteiger partial charge on any atom is 0.350 e. The van der Waals surface area contributed by atoms with E-state index in [-0.39, 0.29) is 0 Å². The van der Waals surface area contributed by atoms with Crippen molar-refractivity contribution in [3.8, 4) is 0 Å². The second-order valence-electron chi connectivity index (χ2n) is 0.786. The van der Waals surface area contributed by atoms with Crippen LogP contribution in [0.2, 0.25) is 0 Å². The first kappa shape index (κ1) is 6.89. The minimum Gasteiger partial charge on any atom is -0.362 e. The highest BCUT2D eigenvalue weighted by Gasteiger charge is 2.23. The van der Waals surface area contributed by atoms with Crippen molar-refractivity contribution in [3.05, 3.63) is 5.53 Å². The molecule has 0 fully saturated rings. The summed E-state index contributed by atoms with van der Waals surface area (Å²) in [6.07, 6.45) is 0.357. The van der Waals surface area contributed by atoms with E-state index < -0.39 is 4.59 Å². The van der Waals surface area contributed by atoms with Gasteiger partial charge in [0, 0.05) is 0 Å². The lowest BCUT2D eigenvalue weighted by atomic mass is 10.8. The summed E-state index contributed by atoms with van der Waals surface area (Å²) in [6, 6.07) is 0. The second kappa shape index (κ2) is 2.26. The van der Waals surface area contributed by atoms with Gasteiger partial charge in [-0.1, -0.05) is 23.2 Å². The molecule has 0 heterocycles. The normalized spacial score (nSPS) is 10.1. The van der Waals surface area contributed by atoms with Gasteiger partial charge in [0.05, 0.1) is 0 Å². The molecule has 0 rings (SSSR count). The topological polar surface area (TPSA) is 36.4 Å². The highest BCUT2D eigenvalue weighted by atomic mass is 35.5. The number of alkyl halides is 3. The van der Waals surface area contributed by atoms with Gasteiger partial charge < -0.3 is 5.53 Å². The van der Waals surface area contributed by atoms with E-state index in [1.165, 1.54) is 0 Å². The number of hydrogen-bond donors (Lipinski definition) is 0. The summed E-state index contributed by atoms with van der Waals surface area (Å²) in [5, 5.41) is 0. The summed E-state index contributed by atoms with van der Waals surface area (Å²) >= 11 is 9.25. The SMILES string of the molecule is [N-]=[N+]=CC(F)(Cl)Cl. The molecule has 0 bridgehead atoms. The number of hydrogen-bond acceptors (Lipinski definition) is 0. The predicted molar refractivity (Wildman–Crippen MR) is 25.2 cm³/mol. The molecule has 0 radical (unpaired) electrons. The highest BCUT2D eigenvalue weighted by molar-refractivity contribution is 6.54. The van der Waals surface area contributed by atoms with Crippen LogP contribution in [0.15, 0.2) is 0 Å². The van der Waals surface area contributed by atoms with E-state index in [4.69, 9.17) is 5.53 Å². The van der Waals surface area contributed by atoms with E-state index >= 15 is 0 Å². The van der Waals surface area contributed by atoms with E-state index in [1.54, 1.807) is 0 Å². The Labute approximate surface area is 49.5 Å². The van der Waals surface area contributed by atoms with Crippen LogP contribution < -0.4 is 0 Å². The van der Waals surface area contributed by atoms with Gasteiger partial charge in [0.1, 0.15) is 0 Å². The summed E-state index contributed by atoms with van der Waals surface area (Å²) in [4.78, 5) is 2.24. The third kappa shape index (κ3) is 5.89. The van der Waals surface area contributed by atoms with Crippen molar-refractivity contribution in [3.63, 3.8) is 0 Å². The average Bonchev–Trinajstić information content (AvgIpc) is 1.30. The summed E-state index contributed by atoms with van der Waals surface area (Å²) in [5.41, 5.74) is 7.56. The molecule has 0 aromatic rings. The van der Waals surface area contributed by atoms with Gasteiger partial charge in [0.25, 0.3) is 0 Å². The van der Waals surface area contributed by atoms with E-state index in [9.17, 15) is 4.39 Å². The molecule has 7 heavy (non-hydrogen) atoms. The Morgan fingerprint density at radius 3 is 2.14 bits per heavy atom. The number of halogens is 3. The average molecular weight is 143 g/mol. The van der Waals surface area contributed by atoms with E-state index in [0.29, 0.717) is 6.21 Å². The van der Waals surface area contributed by atoms with Crippen LogP contribution in [0.5, 0.6) is 0 Å². The summed E-state index contributed by atoms with van der Waals surface area (Å²) in [6.45, 7) is 0. The van der Waals surface area contributed by atoms with Crippen LogP contribution in [0.3, 0.4) is 0 Å². The van der Waals surface area contributed by atoms with Crippen LogP contribution >= 0.6 is 23.2 Å². The van der Waals surface area contributed by atoms with Gasteiger partial charge in [-0.05, 0) is 0 Å². The molecule has 0 amide bonds. The molecule has 0 saturated carbocycles. The lowest BCUT2D eigenvalue weighted by molar-refractivity contribution is -0.00341. The lowest BCUT2D eigenvalue weighted by Crippen LogP contribution is -2.04. The van der Waals surface area contributed by atoms with Crippen LogP contribution in [0, 0.1) is 0 Å². The maximum absolute atomic E-state index is 11.6. The Bertz CT molecular complexity index is 101. The first-order chi connectivity index (χ1) is 3.06. The fourth-order valence-electron chi connectivity index (χ4n) is 0.0655. The minimum atomic E-state index is -2.55. The number of rotatable bonds is 1. The third-order valence-corrected chi connectivity index (χ3v) is 0.399. The van der Waals surface area contributed by atoms with Crippen LogP contribution in [0.4, 0.5) is 4.39 Å². The fraction of sp³-hybridized carbons (Fsp3) is 0.500. The van der Waals surface area contributed by atoms with Crippen molar-refractivity contribution in [2.45, 2.75) is 4.59 Å². The van der Waals surface area contributed by atoms with Gasteiger partial charge >= 0.3 is 10.8 Å². The van der Waals surface area contributed by atoms with Crippen molar-refractivity contribution in [2.24, 2.45) is 0 Å². The lowest BCUT2D eigenvalue weighted by Gasteiger charge is -1.88. The third-order valence-electron chi connectivity index (χ3n) is 0.204. The molecule has 0 aromatic heterocycles. The van der Waals surface area contributed by atoms with Crippen molar-refractivity contribution in [1.29, 1.82) is 0 Å². The zero-order valence-corrected chi connectivity index (χ0v) is 4.62. The Kier molecular flexibility index (Phi) is 2.23. The predicted octanol–water partition coefficient (Wildman–Crippen LogP) is 1.39. The number of nitrogens with zero attached hydrogens (tertiary/aromatic N) is 2. The van der Waals surface area contributed by atoms with Gasteiger partial charge in [-0.25, -0.2) is 0 Å². The molecule has 0 aliphatic rings. The molecule has 0 unspecified atom stereocenters. The second-order valence-corrected chi connectivity index (χ2v) is 2.08. The molecule has 0 spiro atoms. The maximum atomic E-state index is 11.6. The molecule has 2 nitrogen and oxygen atoms in total. The van der Waals surface area contributed by atoms with Gasteiger partial charge in [-0.15, -0.1) is 0 Å². The van der Waals surface area contributed by atoms with Crippen LogP contribution in [-0.2, 0) is 0 Å². The Balaban J connectivity index is 3.80.